The average Bonchev–Trinajstić information content (AvgIpc) is 2.69. The van der Waals surface area contributed by atoms with Gasteiger partial charge in [0.25, 0.3) is 0 Å². The maximum Gasteiger partial charge on any atom is 0.242 e. The van der Waals surface area contributed by atoms with E-state index in [4.69, 9.17) is 0 Å². The summed E-state index contributed by atoms with van der Waals surface area (Å²) >= 11 is 0. The molecule has 2 atom stereocenters. The number of aliphatic hydroxyl groups excluding tert-OH is 1. The predicted molar refractivity (Wildman–Crippen MR) is 64.0 cm³/mol. The Morgan fingerprint density at radius 1 is 1.41 bits per heavy atom. The van der Waals surface area contributed by atoms with Gasteiger partial charge in [0.1, 0.15) is 0 Å². The number of aromatic nitrogens is 1. The highest BCUT2D eigenvalue weighted by atomic mass is 32.2. The molecule has 1 aromatic heterocycles. The Kier molecular flexibility index (Phi) is 3.56. The van der Waals surface area contributed by atoms with Crippen LogP contribution in [-0.2, 0) is 17.1 Å². The van der Waals surface area contributed by atoms with Crippen LogP contribution in [0.4, 0.5) is 0 Å². The Morgan fingerprint density at radius 3 is 2.71 bits per heavy atom. The van der Waals surface area contributed by atoms with Crippen molar-refractivity contribution in [1.82, 2.24) is 9.29 Å². The van der Waals surface area contributed by atoms with Crippen LogP contribution in [0.25, 0.3) is 0 Å². The smallest absolute Gasteiger partial charge is 0.242 e. The summed E-state index contributed by atoms with van der Waals surface area (Å²) in [4.78, 5) is 0.248. The summed E-state index contributed by atoms with van der Waals surface area (Å²) in [6.45, 7) is 0. The van der Waals surface area contributed by atoms with Gasteiger partial charge in [0, 0.05) is 25.5 Å². The van der Waals surface area contributed by atoms with E-state index in [9.17, 15) is 13.5 Å². The molecule has 1 fully saturated rings. The van der Waals surface area contributed by atoms with Crippen molar-refractivity contribution in [2.45, 2.75) is 42.7 Å². The van der Waals surface area contributed by atoms with Gasteiger partial charge in [-0.15, -0.1) is 0 Å². The summed E-state index contributed by atoms with van der Waals surface area (Å²) in [7, 11) is -1.73. The molecule has 0 aromatic carbocycles. The van der Waals surface area contributed by atoms with Crippen molar-refractivity contribution in [3.8, 4) is 0 Å². The minimum Gasteiger partial charge on any atom is -0.391 e. The third-order valence-electron chi connectivity index (χ3n) is 3.15. The van der Waals surface area contributed by atoms with Crippen LogP contribution in [0.5, 0.6) is 0 Å². The highest BCUT2D eigenvalue weighted by molar-refractivity contribution is 7.89. The van der Waals surface area contributed by atoms with Crippen LogP contribution < -0.4 is 4.72 Å². The van der Waals surface area contributed by atoms with Gasteiger partial charge in [-0.05, 0) is 18.9 Å². The molecule has 0 saturated heterocycles. The molecule has 1 aromatic rings. The number of aliphatic hydroxyl groups is 1. The first-order chi connectivity index (χ1) is 7.99. The molecule has 2 N–H and O–H groups in total. The maximum absolute atomic E-state index is 12.0. The van der Waals surface area contributed by atoms with Gasteiger partial charge in [-0.2, -0.15) is 0 Å². The molecule has 17 heavy (non-hydrogen) atoms. The molecule has 6 heteroatoms. The van der Waals surface area contributed by atoms with Gasteiger partial charge in [-0.25, -0.2) is 13.1 Å². The molecule has 0 radical (unpaired) electrons. The van der Waals surface area contributed by atoms with Crippen molar-refractivity contribution in [2.24, 2.45) is 7.05 Å². The van der Waals surface area contributed by atoms with Gasteiger partial charge < -0.3 is 9.67 Å². The number of hydrogen-bond donors (Lipinski definition) is 2. The van der Waals surface area contributed by atoms with E-state index in [-0.39, 0.29) is 10.9 Å². The van der Waals surface area contributed by atoms with E-state index in [1.807, 2.05) is 0 Å². The highest BCUT2D eigenvalue weighted by Crippen LogP contribution is 2.20. The minimum absolute atomic E-state index is 0.248. The van der Waals surface area contributed by atoms with E-state index in [1.54, 1.807) is 30.1 Å². The molecule has 1 aliphatic rings. The minimum atomic E-state index is -3.50. The predicted octanol–water partition coefficient (Wildman–Crippen LogP) is 0.607. The molecule has 96 valence electrons. The van der Waals surface area contributed by atoms with Crippen molar-refractivity contribution in [3.05, 3.63) is 18.5 Å². The molecule has 5 nitrogen and oxygen atoms in total. The molecule has 1 aliphatic carbocycles. The Labute approximate surface area is 102 Å². The van der Waals surface area contributed by atoms with Gasteiger partial charge in [0.15, 0.2) is 0 Å². The molecule has 0 amide bonds. The third-order valence-corrected chi connectivity index (χ3v) is 4.63. The zero-order valence-electron chi connectivity index (χ0n) is 9.83. The molecule has 1 saturated carbocycles. The van der Waals surface area contributed by atoms with E-state index in [2.05, 4.69) is 4.72 Å². The average molecular weight is 258 g/mol. The lowest BCUT2D eigenvalue weighted by Gasteiger charge is -2.27. The maximum atomic E-state index is 12.0. The molecule has 0 aliphatic heterocycles. The number of rotatable bonds is 3. The topological polar surface area (TPSA) is 71.3 Å². The second-order valence-electron chi connectivity index (χ2n) is 4.59. The first-order valence-electron chi connectivity index (χ1n) is 5.81. The zero-order valence-corrected chi connectivity index (χ0v) is 10.7. The molecule has 1 heterocycles. The standard InChI is InChI=1S/C11H18N2O3S/c1-13-7-6-9(8-13)17(15,16)12-10-4-2-3-5-11(10)14/h6-8,10-12,14H,2-5H2,1H3/t10-,11-/m1/s1. The van der Waals surface area contributed by atoms with Crippen LogP contribution in [0.1, 0.15) is 25.7 Å². The number of hydrogen-bond acceptors (Lipinski definition) is 3. The van der Waals surface area contributed by atoms with Crippen molar-refractivity contribution >= 4 is 10.0 Å². The van der Waals surface area contributed by atoms with Crippen LogP contribution in [-0.4, -0.2) is 30.2 Å². The Bertz CT molecular complexity index is 481. The van der Waals surface area contributed by atoms with E-state index in [0.717, 1.165) is 12.8 Å². The van der Waals surface area contributed by atoms with Crippen LogP contribution >= 0.6 is 0 Å². The summed E-state index contributed by atoms with van der Waals surface area (Å²) in [6, 6.07) is 1.20. The summed E-state index contributed by atoms with van der Waals surface area (Å²) in [5, 5.41) is 9.75. The van der Waals surface area contributed by atoms with Crippen LogP contribution in [0, 0.1) is 0 Å². The van der Waals surface area contributed by atoms with E-state index < -0.39 is 16.1 Å². The Morgan fingerprint density at radius 2 is 2.12 bits per heavy atom. The fraction of sp³-hybridized carbons (Fsp3) is 0.636. The fourth-order valence-corrected chi connectivity index (χ4v) is 3.51. The van der Waals surface area contributed by atoms with E-state index in [0.29, 0.717) is 12.8 Å². The van der Waals surface area contributed by atoms with Gasteiger partial charge in [0.05, 0.1) is 11.0 Å². The summed E-state index contributed by atoms with van der Waals surface area (Å²) < 4.78 is 28.3. The largest absolute Gasteiger partial charge is 0.391 e. The number of nitrogens with zero attached hydrogens (tertiary/aromatic N) is 1. The lowest BCUT2D eigenvalue weighted by atomic mass is 9.93. The van der Waals surface area contributed by atoms with Gasteiger partial charge in [-0.1, -0.05) is 12.8 Å². The van der Waals surface area contributed by atoms with Crippen molar-refractivity contribution in [2.75, 3.05) is 0 Å². The first-order valence-corrected chi connectivity index (χ1v) is 7.30. The normalized spacial score (nSPS) is 26.0. The first kappa shape index (κ1) is 12.6. The van der Waals surface area contributed by atoms with Gasteiger partial charge >= 0.3 is 0 Å². The van der Waals surface area contributed by atoms with E-state index in [1.165, 1.54) is 0 Å². The Balaban J connectivity index is 2.11. The molecular weight excluding hydrogens is 240 g/mol. The lowest BCUT2D eigenvalue weighted by Crippen LogP contribution is -2.44. The van der Waals surface area contributed by atoms with Gasteiger partial charge in [0.2, 0.25) is 10.0 Å². The van der Waals surface area contributed by atoms with Crippen LogP contribution in [0.3, 0.4) is 0 Å². The second-order valence-corrected chi connectivity index (χ2v) is 6.31. The number of aryl methyl sites for hydroxylation is 1. The third kappa shape index (κ3) is 2.88. The number of nitrogens with one attached hydrogen (secondary N) is 1. The molecule has 0 unspecified atom stereocenters. The zero-order chi connectivity index (χ0) is 12.5. The summed E-state index contributed by atoms with van der Waals surface area (Å²) in [6.07, 6.45) is 5.96. The van der Waals surface area contributed by atoms with Crippen molar-refractivity contribution in [3.63, 3.8) is 0 Å². The van der Waals surface area contributed by atoms with Crippen molar-refractivity contribution < 1.29 is 13.5 Å². The van der Waals surface area contributed by atoms with Crippen molar-refractivity contribution in [1.29, 1.82) is 0 Å². The Hall–Kier alpha value is -0.850. The monoisotopic (exact) mass is 258 g/mol. The quantitative estimate of drug-likeness (QED) is 0.834. The van der Waals surface area contributed by atoms with Crippen LogP contribution in [0.15, 0.2) is 23.4 Å². The SMILES string of the molecule is Cn1ccc(S(=O)(=O)N[C@@H]2CCCC[C@H]2O)c1. The van der Waals surface area contributed by atoms with Crippen LogP contribution in [0.2, 0.25) is 0 Å². The van der Waals surface area contributed by atoms with Gasteiger partial charge in [-0.3, -0.25) is 0 Å². The molecule has 2 rings (SSSR count). The van der Waals surface area contributed by atoms with E-state index >= 15 is 0 Å². The number of sulfonamides is 1. The molecule has 0 bridgehead atoms. The highest BCUT2D eigenvalue weighted by Gasteiger charge is 2.28. The summed E-state index contributed by atoms with van der Waals surface area (Å²) in [5.74, 6) is 0. The molecule has 0 spiro atoms. The lowest BCUT2D eigenvalue weighted by molar-refractivity contribution is 0.101. The summed E-state index contributed by atoms with van der Waals surface area (Å²) in [5.41, 5.74) is 0. The fourth-order valence-electron chi connectivity index (χ4n) is 2.15. The molecular formula is C11H18N2O3S. The second kappa shape index (κ2) is 4.80.